The molecule has 0 radical (unpaired) electrons. The second-order valence-corrected chi connectivity index (χ2v) is 6.92. The Morgan fingerprint density at radius 1 is 0.963 bits per heavy atom. The first-order chi connectivity index (χ1) is 12.9. The molecule has 0 spiro atoms. The summed E-state index contributed by atoms with van der Waals surface area (Å²) in [5, 5.41) is 7.08. The highest BCUT2D eigenvalue weighted by Crippen LogP contribution is 2.30. The summed E-state index contributed by atoms with van der Waals surface area (Å²) in [5.74, 6) is 0.00337. The van der Waals surface area contributed by atoms with Crippen molar-refractivity contribution in [2.75, 3.05) is 24.3 Å². The van der Waals surface area contributed by atoms with E-state index < -0.39 is 0 Å². The largest absolute Gasteiger partial charge is 0.378 e. The SMILES string of the molecule is C/C(=N\NC(=O)c1ccc(N(C)C)cc1)c1ccc(NC(=O)C2CC2)cc1. The van der Waals surface area contributed by atoms with Crippen molar-refractivity contribution in [3.05, 3.63) is 59.7 Å². The van der Waals surface area contributed by atoms with Crippen LogP contribution in [-0.2, 0) is 4.79 Å². The molecule has 0 unspecified atom stereocenters. The van der Waals surface area contributed by atoms with E-state index in [2.05, 4.69) is 15.8 Å². The monoisotopic (exact) mass is 364 g/mol. The molecule has 0 aromatic heterocycles. The number of carbonyl (C=O) groups is 2. The van der Waals surface area contributed by atoms with Gasteiger partial charge in [-0.3, -0.25) is 9.59 Å². The lowest BCUT2D eigenvalue weighted by Crippen LogP contribution is -2.19. The van der Waals surface area contributed by atoms with Crippen LogP contribution in [0, 0.1) is 5.92 Å². The number of amides is 2. The molecule has 0 heterocycles. The number of nitrogens with one attached hydrogen (secondary N) is 2. The molecule has 2 N–H and O–H groups in total. The lowest BCUT2D eigenvalue weighted by atomic mass is 10.1. The molecular formula is C21H24N4O2. The van der Waals surface area contributed by atoms with E-state index in [1.807, 2.05) is 62.3 Å². The minimum atomic E-state index is -0.257. The van der Waals surface area contributed by atoms with E-state index in [0.29, 0.717) is 11.3 Å². The van der Waals surface area contributed by atoms with Gasteiger partial charge in [-0.15, -0.1) is 0 Å². The van der Waals surface area contributed by atoms with Crippen LogP contribution in [0.5, 0.6) is 0 Å². The van der Waals surface area contributed by atoms with Gasteiger partial charge in [-0.2, -0.15) is 5.10 Å². The van der Waals surface area contributed by atoms with Gasteiger partial charge in [-0.1, -0.05) is 12.1 Å². The Labute approximate surface area is 159 Å². The van der Waals surface area contributed by atoms with Crippen molar-refractivity contribution in [2.45, 2.75) is 19.8 Å². The Kier molecular flexibility index (Phi) is 5.54. The van der Waals surface area contributed by atoms with E-state index in [1.54, 1.807) is 12.1 Å². The molecule has 6 nitrogen and oxygen atoms in total. The Morgan fingerprint density at radius 2 is 1.56 bits per heavy atom. The van der Waals surface area contributed by atoms with E-state index in [1.165, 1.54) is 0 Å². The molecule has 140 valence electrons. The third-order valence-electron chi connectivity index (χ3n) is 4.49. The zero-order valence-electron chi connectivity index (χ0n) is 15.8. The number of hydrogen-bond acceptors (Lipinski definition) is 4. The summed E-state index contributed by atoms with van der Waals surface area (Å²) in [5.41, 5.74) is 6.50. The lowest BCUT2D eigenvalue weighted by Gasteiger charge is -2.12. The summed E-state index contributed by atoms with van der Waals surface area (Å²) in [6, 6.07) is 14.8. The third-order valence-corrected chi connectivity index (χ3v) is 4.49. The minimum Gasteiger partial charge on any atom is -0.378 e. The maximum Gasteiger partial charge on any atom is 0.271 e. The predicted molar refractivity (Wildman–Crippen MR) is 108 cm³/mol. The topological polar surface area (TPSA) is 73.8 Å². The molecule has 1 fully saturated rings. The van der Waals surface area contributed by atoms with Crippen LogP contribution >= 0.6 is 0 Å². The normalized spacial score (nSPS) is 13.8. The van der Waals surface area contributed by atoms with Crippen molar-refractivity contribution in [3.63, 3.8) is 0 Å². The van der Waals surface area contributed by atoms with Crippen molar-refractivity contribution in [1.82, 2.24) is 5.43 Å². The van der Waals surface area contributed by atoms with Gasteiger partial charge >= 0.3 is 0 Å². The zero-order chi connectivity index (χ0) is 19.4. The first kappa shape index (κ1) is 18.6. The number of anilines is 2. The fourth-order valence-electron chi connectivity index (χ4n) is 2.56. The molecule has 2 amide bonds. The molecular weight excluding hydrogens is 340 g/mol. The molecule has 0 atom stereocenters. The number of hydrazone groups is 1. The first-order valence-electron chi connectivity index (χ1n) is 8.97. The molecule has 0 saturated heterocycles. The van der Waals surface area contributed by atoms with Crippen molar-refractivity contribution < 1.29 is 9.59 Å². The van der Waals surface area contributed by atoms with E-state index in [-0.39, 0.29) is 17.7 Å². The fourth-order valence-corrected chi connectivity index (χ4v) is 2.56. The summed E-state index contributed by atoms with van der Waals surface area (Å²) in [6.45, 7) is 1.83. The van der Waals surface area contributed by atoms with Gasteiger partial charge in [0.25, 0.3) is 5.91 Å². The Balaban J connectivity index is 1.59. The van der Waals surface area contributed by atoms with Gasteiger partial charge in [0.05, 0.1) is 5.71 Å². The average Bonchev–Trinajstić information content (AvgIpc) is 3.52. The average molecular weight is 364 g/mol. The molecule has 6 heteroatoms. The molecule has 2 aromatic rings. The van der Waals surface area contributed by atoms with Gasteiger partial charge in [0.2, 0.25) is 5.91 Å². The number of carbonyl (C=O) groups excluding carboxylic acids is 2. The summed E-state index contributed by atoms with van der Waals surface area (Å²) >= 11 is 0. The van der Waals surface area contributed by atoms with E-state index in [9.17, 15) is 9.59 Å². The maximum absolute atomic E-state index is 12.2. The highest BCUT2D eigenvalue weighted by atomic mass is 16.2. The summed E-state index contributed by atoms with van der Waals surface area (Å²) < 4.78 is 0. The van der Waals surface area contributed by atoms with Gasteiger partial charge in [0, 0.05) is 37.0 Å². The Bertz CT molecular complexity index is 851. The van der Waals surface area contributed by atoms with Crippen LogP contribution in [0.1, 0.15) is 35.7 Å². The highest BCUT2D eigenvalue weighted by Gasteiger charge is 2.29. The minimum absolute atomic E-state index is 0.0840. The quantitative estimate of drug-likeness (QED) is 0.610. The summed E-state index contributed by atoms with van der Waals surface area (Å²) in [6.07, 6.45) is 1.96. The lowest BCUT2D eigenvalue weighted by molar-refractivity contribution is -0.117. The van der Waals surface area contributed by atoms with E-state index in [0.717, 1.165) is 29.8 Å². The molecule has 1 aliphatic carbocycles. The smallest absolute Gasteiger partial charge is 0.271 e. The number of nitrogens with zero attached hydrogens (tertiary/aromatic N) is 2. The fraction of sp³-hybridized carbons (Fsp3) is 0.286. The predicted octanol–water partition coefficient (Wildman–Crippen LogP) is 3.26. The van der Waals surface area contributed by atoms with Crippen LogP contribution in [0.3, 0.4) is 0 Å². The van der Waals surface area contributed by atoms with E-state index in [4.69, 9.17) is 0 Å². The Hall–Kier alpha value is -3.15. The second kappa shape index (κ2) is 8.03. The zero-order valence-corrected chi connectivity index (χ0v) is 15.8. The molecule has 0 aliphatic heterocycles. The van der Waals surface area contributed by atoms with Gasteiger partial charge in [-0.25, -0.2) is 5.43 Å². The van der Waals surface area contributed by atoms with Crippen molar-refractivity contribution in [3.8, 4) is 0 Å². The first-order valence-corrected chi connectivity index (χ1v) is 8.97. The molecule has 27 heavy (non-hydrogen) atoms. The van der Waals surface area contributed by atoms with Crippen LogP contribution in [0.25, 0.3) is 0 Å². The molecule has 1 saturated carbocycles. The Morgan fingerprint density at radius 3 is 2.11 bits per heavy atom. The molecule has 3 rings (SSSR count). The number of benzene rings is 2. The highest BCUT2D eigenvalue weighted by molar-refractivity contribution is 6.01. The van der Waals surface area contributed by atoms with Gasteiger partial charge in [0.1, 0.15) is 0 Å². The van der Waals surface area contributed by atoms with Crippen molar-refractivity contribution in [2.24, 2.45) is 11.0 Å². The third kappa shape index (κ3) is 4.94. The van der Waals surface area contributed by atoms with Gasteiger partial charge in [-0.05, 0) is 61.7 Å². The summed E-state index contributed by atoms with van der Waals surface area (Å²) in [7, 11) is 3.90. The second-order valence-electron chi connectivity index (χ2n) is 6.92. The maximum atomic E-state index is 12.2. The standard InChI is InChI=1S/C21H24N4O2/c1-14(15-6-10-18(11-7-15)22-20(26)16-4-5-16)23-24-21(27)17-8-12-19(13-9-17)25(2)3/h6-13,16H,4-5H2,1-3H3,(H,22,26)(H,24,27)/b23-14+. The van der Waals surface area contributed by atoms with Crippen LogP contribution < -0.4 is 15.6 Å². The molecule has 0 bridgehead atoms. The van der Waals surface area contributed by atoms with Crippen molar-refractivity contribution >= 4 is 28.9 Å². The van der Waals surface area contributed by atoms with Gasteiger partial charge in [0.15, 0.2) is 0 Å². The van der Waals surface area contributed by atoms with Crippen molar-refractivity contribution in [1.29, 1.82) is 0 Å². The molecule has 1 aliphatic rings. The van der Waals surface area contributed by atoms with Crippen LogP contribution in [0.4, 0.5) is 11.4 Å². The van der Waals surface area contributed by atoms with Crippen LogP contribution in [-0.4, -0.2) is 31.6 Å². The van der Waals surface area contributed by atoms with Crippen LogP contribution in [0.2, 0.25) is 0 Å². The summed E-state index contributed by atoms with van der Waals surface area (Å²) in [4.78, 5) is 26.0. The number of hydrogen-bond donors (Lipinski definition) is 2. The van der Waals surface area contributed by atoms with E-state index >= 15 is 0 Å². The number of rotatable bonds is 6. The van der Waals surface area contributed by atoms with Gasteiger partial charge < -0.3 is 10.2 Å². The van der Waals surface area contributed by atoms with Crippen LogP contribution in [0.15, 0.2) is 53.6 Å². The molecule has 2 aromatic carbocycles.